The molecule has 3 saturated heterocycles. The van der Waals surface area contributed by atoms with Gasteiger partial charge in [-0.2, -0.15) is 0 Å². The zero-order valence-electron chi connectivity index (χ0n) is 13.8. The molecule has 3 heterocycles. The third kappa shape index (κ3) is 3.26. The fourth-order valence-corrected chi connectivity index (χ4v) is 3.96. The lowest BCUT2D eigenvalue weighted by molar-refractivity contribution is -0.920. The largest absolute Gasteiger partial charge is 0.378 e. The summed E-state index contributed by atoms with van der Waals surface area (Å²) in [6.45, 7) is 6.51. The second kappa shape index (κ2) is 6.97. The number of hydrogen-bond acceptors (Lipinski definition) is 4. The number of likely N-dealkylation sites (tertiary alicyclic amines) is 2. The summed E-state index contributed by atoms with van der Waals surface area (Å²) in [5.74, 6) is 0.203. The minimum Gasteiger partial charge on any atom is -0.378 e. The molecule has 0 aromatic heterocycles. The Balaban J connectivity index is 1.53. The number of hydrogen-bond donors (Lipinski definition) is 1. The van der Waals surface area contributed by atoms with Crippen molar-refractivity contribution in [2.24, 2.45) is 5.92 Å². The molecule has 7 heteroatoms. The van der Waals surface area contributed by atoms with E-state index in [0.29, 0.717) is 39.3 Å². The third-order valence-electron chi connectivity index (χ3n) is 5.35. The smallest absolute Gasteiger partial charge is 0.287 e. The summed E-state index contributed by atoms with van der Waals surface area (Å²) in [6.07, 6.45) is 1.93. The van der Waals surface area contributed by atoms with E-state index in [1.165, 1.54) is 9.80 Å². The van der Waals surface area contributed by atoms with Crippen molar-refractivity contribution in [1.29, 1.82) is 0 Å². The number of nitrogens with one attached hydrogen (secondary N) is 1. The molecule has 0 aromatic rings. The normalized spacial score (nSPS) is 32.5. The predicted molar refractivity (Wildman–Crippen MR) is 81.6 cm³/mol. The summed E-state index contributed by atoms with van der Waals surface area (Å²) in [7, 11) is 0. The zero-order valence-corrected chi connectivity index (χ0v) is 13.8. The van der Waals surface area contributed by atoms with Crippen LogP contribution in [0.5, 0.6) is 0 Å². The van der Waals surface area contributed by atoms with Crippen molar-refractivity contribution in [3.05, 3.63) is 0 Å². The molecule has 0 aliphatic carbocycles. The number of morpholine rings is 1. The fraction of sp³-hybridized carbons (Fsp3) is 0.812. The van der Waals surface area contributed by atoms with Gasteiger partial charge in [-0.15, -0.1) is 0 Å². The predicted octanol–water partition coefficient (Wildman–Crippen LogP) is -1.71. The topological polar surface area (TPSA) is 71.4 Å². The molecule has 7 nitrogen and oxygen atoms in total. The highest BCUT2D eigenvalue weighted by atomic mass is 16.5. The highest BCUT2D eigenvalue weighted by Crippen LogP contribution is 2.17. The number of carbonyl (C=O) groups excluding carboxylic acids is 3. The van der Waals surface area contributed by atoms with Gasteiger partial charge in [0.15, 0.2) is 6.04 Å². The first-order valence-electron chi connectivity index (χ1n) is 8.67. The van der Waals surface area contributed by atoms with Crippen LogP contribution < -0.4 is 4.90 Å². The Labute approximate surface area is 136 Å². The second-order valence-electron chi connectivity index (χ2n) is 6.60. The second-order valence-corrected chi connectivity index (χ2v) is 6.60. The minimum atomic E-state index is -0.234. The van der Waals surface area contributed by atoms with Crippen molar-refractivity contribution in [3.63, 3.8) is 0 Å². The van der Waals surface area contributed by atoms with Crippen molar-refractivity contribution < 1.29 is 24.0 Å². The van der Waals surface area contributed by atoms with Crippen molar-refractivity contribution in [2.75, 3.05) is 45.9 Å². The zero-order chi connectivity index (χ0) is 16.4. The first-order chi connectivity index (χ1) is 11.1. The van der Waals surface area contributed by atoms with Crippen LogP contribution in [0.3, 0.4) is 0 Å². The number of rotatable bonds is 3. The molecule has 0 spiro atoms. The lowest BCUT2D eigenvalue weighted by atomic mass is 9.94. The minimum absolute atomic E-state index is 0.0366. The van der Waals surface area contributed by atoms with Gasteiger partial charge in [-0.05, 0) is 6.92 Å². The molecule has 0 radical (unpaired) electrons. The van der Waals surface area contributed by atoms with Crippen LogP contribution in [0.25, 0.3) is 0 Å². The van der Waals surface area contributed by atoms with E-state index in [9.17, 15) is 14.4 Å². The maximum Gasteiger partial charge on any atom is 0.287 e. The van der Waals surface area contributed by atoms with Crippen LogP contribution in [0.2, 0.25) is 0 Å². The van der Waals surface area contributed by atoms with Crippen molar-refractivity contribution in [2.45, 2.75) is 32.2 Å². The number of ether oxygens (including phenoxy) is 1. The van der Waals surface area contributed by atoms with Gasteiger partial charge in [0.05, 0.1) is 32.7 Å². The number of carbonyl (C=O) groups is 3. The lowest BCUT2D eigenvalue weighted by Crippen LogP contribution is -3.17. The Bertz CT molecular complexity index is 482. The van der Waals surface area contributed by atoms with Gasteiger partial charge in [0.25, 0.3) is 5.91 Å². The Morgan fingerprint density at radius 2 is 1.87 bits per heavy atom. The van der Waals surface area contributed by atoms with Crippen LogP contribution in [0.15, 0.2) is 0 Å². The quantitative estimate of drug-likeness (QED) is 0.628. The average Bonchev–Trinajstić information content (AvgIpc) is 2.89. The molecular weight excluding hydrogens is 298 g/mol. The Hall–Kier alpha value is -1.47. The summed E-state index contributed by atoms with van der Waals surface area (Å²) >= 11 is 0. The van der Waals surface area contributed by atoms with E-state index in [0.717, 1.165) is 25.9 Å². The van der Waals surface area contributed by atoms with Gasteiger partial charge >= 0.3 is 0 Å². The molecule has 128 valence electrons. The van der Waals surface area contributed by atoms with E-state index in [1.54, 1.807) is 0 Å². The summed E-state index contributed by atoms with van der Waals surface area (Å²) in [6, 6.07) is -0.234. The van der Waals surface area contributed by atoms with Crippen LogP contribution in [-0.2, 0) is 19.1 Å². The van der Waals surface area contributed by atoms with Crippen LogP contribution in [0, 0.1) is 5.92 Å². The highest BCUT2D eigenvalue weighted by Gasteiger charge is 2.45. The van der Waals surface area contributed by atoms with Crippen molar-refractivity contribution >= 4 is 17.7 Å². The molecular formula is C16H26N3O4+. The van der Waals surface area contributed by atoms with Gasteiger partial charge in [0, 0.05) is 38.4 Å². The van der Waals surface area contributed by atoms with E-state index in [4.69, 9.17) is 4.74 Å². The van der Waals surface area contributed by atoms with Gasteiger partial charge in [0.2, 0.25) is 11.8 Å². The van der Waals surface area contributed by atoms with Crippen molar-refractivity contribution in [3.8, 4) is 0 Å². The van der Waals surface area contributed by atoms with Crippen LogP contribution >= 0.6 is 0 Å². The number of amides is 3. The fourth-order valence-electron chi connectivity index (χ4n) is 3.96. The number of imide groups is 1. The molecule has 0 saturated carbocycles. The van der Waals surface area contributed by atoms with Gasteiger partial charge in [-0.25, -0.2) is 0 Å². The SMILES string of the molecule is CCN1C(=O)C[C@@H]([NH+]2CCC(C(=O)N3CCOCC3)CC2)C1=O. The Morgan fingerprint density at radius 1 is 1.22 bits per heavy atom. The van der Waals surface area contributed by atoms with Gasteiger partial charge in [-0.1, -0.05) is 0 Å². The van der Waals surface area contributed by atoms with E-state index >= 15 is 0 Å². The van der Waals surface area contributed by atoms with E-state index < -0.39 is 0 Å². The van der Waals surface area contributed by atoms with E-state index in [2.05, 4.69) is 0 Å². The standard InChI is InChI=1S/C16H25N3O4/c1-2-19-14(20)11-13(16(19)22)17-5-3-12(4-6-17)15(21)18-7-9-23-10-8-18/h12-13H,2-11H2,1H3/p+1/t13-/m1/s1. The van der Waals surface area contributed by atoms with Gasteiger partial charge < -0.3 is 14.5 Å². The summed E-state index contributed by atoms with van der Waals surface area (Å²) in [5.41, 5.74) is 0. The van der Waals surface area contributed by atoms with Crippen LogP contribution in [0.1, 0.15) is 26.2 Å². The maximum atomic E-state index is 12.5. The van der Waals surface area contributed by atoms with Gasteiger partial charge in [-0.3, -0.25) is 19.3 Å². The van der Waals surface area contributed by atoms with E-state index in [1.807, 2.05) is 11.8 Å². The first kappa shape index (κ1) is 16.4. The molecule has 3 fully saturated rings. The molecule has 0 bridgehead atoms. The molecule has 1 N–H and O–H groups in total. The molecule has 3 rings (SSSR count). The summed E-state index contributed by atoms with van der Waals surface area (Å²) in [5, 5.41) is 0. The van der Waals surface area contributed by atoms with Crippen molar-refractivity contribution in [1.82, 2.24) is 9.80 Å². The molecule has 0 unspecified atom stereocenters. The number of likely N-dealkylation sites (N-methyl/N-ethyl adjacent to an activating group) is 1. The molecule has 0 aromatic carbocycles. The summed E-state index contributed by atoms with van der Waals surface area (Å²) in [4.78, 5) is 41.1. The third-order valence-corrected chi connectivity index (χ3v) is 5.35. The Kier molecular flexibility index (Phi) is 4.96. The number of quaternary nitrogens is 1. The van der Waals surface area contributed by atoms with Crippen LogP contribution in [0.4, 0.5) is 0 Å². The molecule has 1 atom stereocenters. The maximum absolute atomic E-state index is 12.5. The number of nitrogens with zero attached hydrogens (tertiary/aromatic N) is 2. The van der Waals surface area contributed by atoms with Gasteiger partial charge in [0.1, 0.15) is 0 Å². The highest BCUT2D eigenvalue weighted by molar-refractivity contribution is 6.04. The number of piperidine rings is 1. The van der Waals surface area contributed by atoms with Crippen LogP contribution in [-0.4, -0.2) is 79.5 Å². The van der Waals surface area contributed by atoms with E-state index in [-0.39, 0.29) is 29.7 Å². The first-order valence-corrected chi connectivity index (χ1v) is 8.67. The average molecular weight is 324 g/mol. The molecule has 23 heavy (non-hydrogen) atoms. The summed E-state index contributed by atoms with van der Waals surface area (Å²) < 4.78 is 5.29. The monoisotopic (exact) mass is 324 g/mol. The molecule has 3 amide bonds. The Morgan fingerprint density at radius 3 is 2.43 bits per heavy atom. The molecule has 3 aliphatic heterocycles. The molecule has 3 aliphatic rings. The lowest BCUT2D eigenvalue weighted by Gasteiger charge is -2.35.